The highest BCUT2D eigenvalue weighted by molar-refractivity contribution is 5.95. The molecule has 3 nitrogen and oxygen atoms in total. The summed E-state index contributed by atoms with van der Waals surface area (Å²) in [5.41, 5.74) is 0.0830. The van der Waals surface area contributed by atoms with Crippen molar-refractivity contribution in [2.45, 2.75) is 12.6 Å². The number of phenols is 1. The van der Waals surface area contributed by atoms with Crippen molar-refractivity contribution in [3.8, 4) is 11.5 Å². The molecule has 2 aromatic rings. The van der Waals surface area contributed by atoms with Crippen molar-refractivity contribution in [1.82, 2.24) is 0 Å². The van der Waals surface area contributed by atoms with E-state index in [0.29, 0.717) is 11.3 Å². The van der Waals surface area contributed by atoms with E-state index in [2.05, 4.69) is 0 Å². The van der Waals surface area contributed by atoms with Crippen molar-refractivity contribution < 1.29 is 27.8 Å². The predicted molar refractivity (Wildman–Crippen MR) is 83.8 cm³/mol. The molecule has 0 saturated carbocycles. The molecule has 126 valence electrons. The molecule has 0 bridgehead atoms. The Bertz CT molecular complexity index is 764. The summed E-state index contributed by atoms with van der Waals surface area (Å²) >= 11 is 0. The van der Waals surface area contributed by atoms with Crippen molar-refractivity contribution >= 4 is 11.9 Å². The standard InChI is InChI=1S/C18H15F3O3/c1-24-17-8-6-12(11-16(17)23)5-7-15(22)10-13-3-2-4-14(9-13)18(19,20)21/h2-9,11,23H,10H2,1H3/b7-5+. The van der Waals surface area contributed by atoms with Gasteiger partial charge in [-0.25, -0.2) is 0 Å². The third-order valence-corrected chi connectivity index (χ3v) is 3.30. The summed E-state index contributed by atoms with van der Waals surface area (Å²) in [5.74, 6) is -0.1000. The Labute approximate surface area is 137 Å². The molecule has 0 atom stereocenters. The topological polar surface area (TPSA) is 46.5 Å². The number of alkyl halides is 3. The van der Waals surface area contributed by atoms with Crippen LogP contribution >= 0.6 is 0 Å². The van der Waals surface area contributed by atoms with Gasteiger partial charge in [-0.3, -0.25) is 4.79 Å². The van der Waals surface area contributed by atoms with Crippen LogP contribution in [0.1, 0.15) is 16.7 Å². The van der Waals surface area contributed by atoms with Crippen molar-refractivity contribution in [1.29, 1.82) is 0 Å². The lowest BCUT2D eigenvalue weighted by Crippen LogP contribution is -2.06. The van der Waals surface area contributed by atoms with E-state index in [1.165, 1.54) is 37.5 Å². The Morgan fingerprint density at radius 1 is 1.21 bits per heavy atom. The lowest BCUT2D eigenvalue weighted by atomic mass is 10.0. The highest BCUT2D eigenvalue weighted by Gasteiger charge is 2.30. The molecule has 0 fully saturated rings. The molecule has 0 spiro atoms. The van der Waals surface area contributed by atoms with Crippen LogP contribution in [0.4, 0.5) is 13.2 Å². The minimum atomic E-state index is -4.44. The second kappa shape index (κ2) is 7.21. The number of benzene rings is 2. The molecule has 0 heterocycles. The van der Waals surface area contributed by atoms with E-state index in [4.69, 9.17) is 4.74 Å². The van der Waals surface area contributed by atoms with Crippen LogP contribution in [0, 0.1) is 0 Å². The van der Waals surface area contributed by atoms with Gasteiger partial charge in [-0.15, -0.1) is 0 Å². The van der Waals surface area contributed by atoms with Crippen molar-refractivity contribution in [2.24, 2.45) is 0 Å². The third-order valence-electron chi connectivity index (χ3n) is 3.30. The first kappa shape index (κ1) is 17.6. The first-order valence-electron chi connectivity index (χ1n) is 7.03. The number of ketones is 1. The van der Waals surface area contributed by atoms with Gasteiger partial charge >= 0.3 is 6.18 Å². The molecule has 0 saturated heterocycles. The molecule has 0 aliphatic heterocycles. The molecule has 6 heteroatoms. The molecule has 0 aliphatic rings. The van der Waals surface area contributed by atoms with Crippen LogP contribution in [-0.2, 0) is 17.4 Å². The quantitative estimate of drug-likeness (QED) is 0.831. The Morgan fingerprint density at radius 2 is 1.96 bits per heavy atom. The molecule has 24 heavy (non-hydrogen) atoms. The fourth-order valence-corrected chi connectivity index (χ4v) is 2.12. The zero-order chi connectivity index (χ0) is 17.7. The van der Waals surface area contributed by atoms with E-state index < -0.39 is 11.7 Å². The maximum absolute atomic E-state index is 12.6. The average Bonchev–Trinajstić information content (AvgIpc) is 2.52. The van der Waals surface area contributed by atoms with Crippen LogP contribution in [0.3, 0.4) is 0 Å². The van der Waals surface area contributed by atoms with Gasteiger partial charge in [0.05, 0.1) is 12.7 Å². The first-order chi connectivity index (χ1) is 11.3. The number of carbonyl (C=O) groups excluding carboxylic acids is 1. The molecule has 0 unspecified atom stereocenters. The van der Waals surface area contributed by atoms with Crippen molar-refractivity contribution in [3.05, 3.63) is 65.2 Å². The highest BCUT2D eigenvalue weighted by atomic mass is 19.4. The number of rotatable bonds is 5. The van der Waals surface area contributed by atoms with Gasteiger partial charge in [0.1, 0.15) is 0 Å². The number of allylic oxidation sites excluding steroid dienone is 1. The van der Waals surface area contributed by atoms with Crippen molar-refractivity contribution in [3.63, 3.8) is 0 Å². The monoisotopic (exact) mass is 336 g/mol. The Morgan fingerprint density at radius 3 is 2.58 bits per heavy atom. The van der Waals surface area contributed by atoms with Crippen LogP contribution in [-0.4, -0.2) is 18.0 Å². The summed E-state index contributed by atoms with van der Waals surface area (Å²) < 4.78 is 42.8. The molecule has 0 aliphatic carbocycles. The number of aromatic hydroxyl groups is 1. The van der Waals surface area contributed by atoms with E-state index >= 15 is 0 Å². The summed E-state index contributed by atoms with van der Waals surface area (Å²) in [5, 5.41) is 9.65. The lowest BCUT2D eigenvalue weighted by molar-refractivity contribution is -0.137. The van der Waals surface area contributed by atoms with Crippen molar-refractivity contribution in [2.75, 3.05) is 7.11 Å². The fourth-order valence-electron chi connectivity index (χ4n) is 2.12. The molecular formula is C18H15F3O3. The van der Waals surface area contributed by atoms with Gasteiger partial charge < -0.3 is 9.84 Å². The van der Waals surface area contributed by atoms with Crippen LogP contribution in [0.5, 0.6) is 11.5 Å². The van der Waals surface area contributed by atoms with E-state index in [1.807, 2.05) is 0 Å². The summed E-state index contributed by atoms with van der Waals surface area (Å²) in [6.45, 7) is 0. The number of hydrogen-bond donors (Lipinski definition) is 1. The molecule has 0 amide bonds. The van der Waals surface area contributed by atoms with Crippen LogP contribution in [0.2, 0.25) is 0 Å². The van der Waals surface area contributed by atoms with Crippen LogP contribution in [0.15, 0.2) is 48.5 Å². The number of carbonyl (C=O) groups is 1. The van der Waals surface area contributed by atoms with E-state index in [0.717, 1.165) is 12.1 Å². The van der Waals surface area contributed by atoms with Gasteiger partial charge in [0.2, 0.25) is 0 Å². The zero-order valence-corrected chi connectivity index (χ0v) is 12.8. The fraction of sp³-hybridized carbons (Fsp3) is 0.167. The molecule has 2 rings (SSSR count). The molecule has 2 aromatic carbocycles. The maximum Gasteiger partial charge on any atom is 0.416 e. The first-order valence-corrected chi connectivity index (χ1v) is 7.03. The lowest BCUT2D eigenvalue weighted by Gasteiger charge is -2.07. The predicted octanol–water partition coefficient (Wildman–Crippen LogP) is 4.24. The van der Waals surface area contributed by atoms with E-state index in [9.17, 15) is 23.1 Å². The van der Waals surface area contributed by atoms with E-state index in [-0.39, 0.29) is 23.5 Å². The Hall–Kier alpha value is -2.76. The molecule has 1 N–H and O–H groups in total. The van der Waals surface area contributed by atoms with Crippen LogP contribution in [0.25, 0.3) is 6.08 Å². The van der Waals surface area contributed by atoms with Gasteiger partial charge in [-0.05, 0) is 35.4 Å². The second-order valence-corrected chi connectivity index (χ2v) is 5.11. The number of ether oxygens (including phenoxy) is 1. The summed E-state index contributed by atoms with van der Waals surface area (Å²) in [6, 6.07) is 9.29. The molecular weight excluding hydrogens is 321 g/mol. The number of halogens is 3. The smallest absolute Gasteiger partial charge is 0.416 e. The van der Waals surface area contributed by atoms with Gasteiger partial charge in [-0.1, -0.05) is 30.3 Å². The number of hydrogen-bond acceptors (Lipinski definition) is 3. The van der Waals surface area contributed by atoms with Gasteiger partial charge in [-0.2, -0.15) is 13.2 Å². The third kappa shape index (κ3) is 4.62. The highest BCUT2D eigenvalue weighted by Crippen LogP contribution is 2.30. The normalized spacial score (nSPS) is 11.7. The van der Waals surface area contributed by atoms with Gasteiger partial charge in [0, 0.05) is 6.42 Å². The Balaban J connectivity index is 2.07. The molecule has 0 radical (unpaired) electrons. The largest absolute Gasteiger partial charge is 0.504 e. The second-order valence-electron chi connectivity index (χ2n) is 5.11. The Kier molecular flexibility index (Phi) is 5.28. The van der Waals surface area contributed by atoms with Gasteiger partial charge in [0.15, 0.2) is 17.3 Å². The summed E-state index contributed by atoms with van der Waals surface area (Å²) in [7, 11) is 1.42. The molecule has 0 aromatic heterocycles. The summed E-state index contributed by atoms with van der Waals surface area (Å²) in [6.07, 6.45) is -1.82. The number of methoxy groups -OCH3 is 1. The number of phenolic OH excluding ortho intramolecular Hbond substituents is 1. The minimum Gasteiger partial charge on any atom is -0.504 e. The summed E-state index contributed by atoms with van der Waals surface area (Å²) in [4.78, 5) is 11.9. The maximum atomic E-state index is 12.6. The SMILES string of the molecule is COc1ccc(/C=C/C(=O)Cc2cccc(C(F)(F)F)c2)cc1O. The van der Waals surface area contributed by atoms with Gasteiger partial charge in [0.25, 0.3) is 0 Å². The minimum absolute atomic E-state index is 0.0648. The van der Waals surface area contributed by atoms with Crippen LogP contribution < -0.4 is 4.74 Å². The van der Waals surface area contributed by atoms with E-state index in [1.54, 1.807) is 12.1 Å². The average molecular weight is 336 g/mol. The zero-order valence-electron chi connectivity index (χ0n) is 12.8.